The van der Waals surface area contributed by atoms with E-state index in [1.165, 1.54) is 25.3 Å². The molecule has 1 atom stereocenters. The fourth-order valence-electron chi connectivity index (χ4n) is 1.84. The predicted octanol–water partition coefficient (Wildman–Crippen LogP) is 1.37. The Hall–Kier alpha value is -3.35. The van der Waals surface area contributed by atoms with Crippen LogP contribution in [0.15, 0.2) is 53.6 Å². The van der Waals surface area contributed by atoms with E-state index in [1.54, 1.807) is 30.3 Å². The lowest BCUT2D eigenvalue weighted by Crippen LogP contribution is -2.43. The predicted molar refractivity (Wildman–Crippen MR) is 88.9 cm³/mol. The molecule has 2 amide bonds. The zero-order chi connectivity index (χ0) is 17.5. The van der Waals surface area contributed by atoms with E-state index >= 15 is 0 Å². The molecule has 0 aliphatic carbocycles. The molecule has 0 fully saturated rings. The van der Waals surface area contributed by atoms with Crippen LogP contribution in [-0.2, 0) is 4.79 Å². The SMILES string of the molecule is C[C@H](NC(=O)c1ccccc1)C(=O)N/N=C/c1ccc(O)cc1O. The first kappa shape index (κ1) is 17.0. The Balaban J connectivity index is 1.89. The second-order valence-electron chi connectivity index (χ2n) is 5.04. The summed E-state index contributed by atoms with van der Waals surface area (Å²) in [6, 6.07) is 11.7. The van der Waals surface area contributed by atoms with E-state index in [-0.39, 0.29) is 17.4 Å². The van der Waals surface area contributed by atoms with Gasteiger partial charge in [-0.2, -0.15) is 5.10 Å². The first-order valence-electron chi connectivity index (χ1n) is 7.18. The number of hydrogen-bond donors (Lipinski definition) is 4. The maximum absolute atomic E-state index is 11.9. The maximum Gasteiger partial charge on any atom is 0.262 e. The summed E-state index contributed by atoms with van der Waals surface area (Å²) >= 11 is 0. The summed E-state index contributed by atoms with van der Waals surface area (Å²) in [4.78, 5) is 23.8. The molecule has 0 bridgehead atoms. The minimum Gasteiger partial charge on any atom is -0.508 e. The number of phenols is 2. The van der Waals surface area contributed by atoms with Crippen LogP contribution in [0.4, 0.5) is 0 Å². The van der Waals surface area contributed by atoms with Crippen molar-refractivity contribution in [3.05, 3.63) is 59.7 Å². The highest BCUT2D eigenvalue weighted by Crippen LogP contribution is 2.20. The number of rotatable bonds is 5. The first-order chi connectivity index (χ1) is 11.5. The van der Waals surface area contributed by atoms with Gasteiger partial charge in [0.1, 0.15) is 17.5 Å². The van der Waals surface area contributed by atoms with Gasteiger partial charge in [-0.05, 0) is 31.2 Å². The number of nitrogens with one attached hydrogen (secondary N) is 2. The molecule has 0 spiro atoms. The van der Waals surface area contributed by atoms with E-state index in [0.29, 0.717) is 11.1 Å². The van der Waals surface area contributed by atoms with Gasteiger partial charge in [-0.1, -0.05) is 18.2 Å². The summed E-state index contributed by atoms with van der Waals surface area (Å²) in [5.74, 6) is -1.11. The molecule has 124 valence electrons. The molecule has 4 N–H and O–H groups in total. The van der Waals surface area contributed by atoms with Gasteiger partial charge in [-0.25, -0.2) is 5.43 Å². The van der Waals surface area contributed by atoms with Crippen LogP contribution in [0.3, 0.4) is 0 Å². The summed E-state index contributed by atoms with van der Waals surface area (Å²) in [7, 11) is 0. The molecule has 2 aromatic carbocycles. The number of carbonyl (C=O) groups is 2. The normalized spacial score (nSPS) is 11.9. The molecule has 0 unspecified atom stereocenters. The van der Waals surface area contributed by atoms with Gasteiger partial charge in [0.05, 0.1) is 6.21 Å². The number of phenolic OH excluding ortho intramolecular Hbond substituents is 2. The summed E-state index contributed by atoms with van der Waals surface area (Å²) in [6.45, 7) is 1.53. The number of carbonyl (C=O) groups excluding carboxylic acids is 2. The van der Waals surface area contributed by atoms with Crippen molar-refractivity contribution in [2.24, 2.45) is 5.10 Å². The van der Waals surface area contributed by atoms with Gasteiger partial charge in [0, 0.05) is 17.2 Å². The number of nitrogens with zero attached hydrogens (tertiary/aromatic N) is 1. The molecule has 0 radical (unpaired) electrons. The molecule has 0 aromatic heterocycles. The van der Waals surface area contributed by atoms with E-state index in [0.717, 1.165) is 6.07 Å². The monoisotopic (exact) mass is 327 g/mol. The molecule has 0 saturated carbocycles. The zero-order valence-electron chi connectivity index (χ0n) is 12.9. The first-order valence-corrected chi connectivity index (χ1v) is 7.18. The van der Waals surface area contributed by atoms with Crippen molar-refractivity contribution in [2.45, 2.75) is 13.0 Å². The Labute approximate surface area is 138 Å². The highest BCUT2D eigenvalue weighted by Gasteiger charge is 2.15. The van der Waals surface area contributed by atoms with Crippen LogP contribution in [0.25, 0.3) is 0 Å². The second kappa shape index (κ2) is 7.77. The van der Waals surface area contributed by atoms with Gasteiger partial charge < -0.3 is 15.5 Å². The van der Waals surface area contributed by atoms with Crippen molar-refractivity contribution >= 4 is 18.0 Å². The van der Waals surface area contributed by atoms with Gasteiger partial charge in [-0.15, -0.1) is 0 Å². The van der Waals surface area contributed by atoms with Crippen molar-refractivity contribution in [2.75, 3.05) is 0 Å². The van der Waals surface area contributed by atoms with Crippen LogP contribution in [0.5, 0.6) is 11.5 Å². The molecule has 0 heterocycles. The van der Waals surface area contributed by atoms with Crippen LogP contribution in [0.1, 0.15) is 22.8 Å². The van der Waals surface area contributed by atoms with Gasteiger partial charge in [0.25, 0.3) is 11.8 Å². The lowest BCUT2D eigenvalue weighted by molar-refractivity contribution is -0.122. The van der Waals surface area contributed by atoms with Crippen molar-refractivity contribution < 1.29 is 19.8 Å². The van der Waals surface area contributed by atoms with Gasteiger partial charge in [0.2, 0.25) is 0 Å². The van der Waals surface area contributed by atoms with Crippen LogP contribution >= 0.6 is 0 Å². The van der Waals surface area contributed by atoms with E-state index in [9.17, 15) is 19.8 Å². The largest absolute Gasteiger partial charge is 0.508 e. The van der Waals surface area contributed by atoms with Gasteiger partial charge >= 0.3 is 0 Å². The molecule has 24 heavy (non-hydrogen) atoms. The molecular formula is C17H17N3O4. The summed E-state index contributed by atoms with van der Waals surface area (Å²) in [5, 5.41) is 25.0. The smallest absolute Gasteiger partial charge is 0.262 e. The summed E-state index contributed by atoms with van der Waals surface area (Å²) < 4.78 is 0. The topological polar surface area (TPSA) is 111 Å². The second-order valence-corrected chi connectivity index (χ2v) is 5.04. The minimum atomic E-state index is -0.789. The standard InChI is InChI=1S/C17H17N3O4/c1-11(19-17(24)12-5-3-2-4-6-12)16(23)20-18-10-13-7-8-14(21)9-15(13)22/h2-11,21-22H,1H3,(H,19,24)(H,20,23)/b18-10+/t11-/m0/s1. The molecule has 0 aliphatic heterocycles. The van der Waals surface area contributed by atoms with Crippen LogP contribution in [0.2, 0.25) is 0 Å². The summed E-state index contributed by atoms with van der Waals surface area (Å²) in [6.07, 6.45) is 1.23. The Morgan fingerprint density at radius 1 is 1.12 bits per heavy atom. The third-order valence-corrected chi connectivity index (χ3v) is 3.17. The van der Waals surface area contributed by atoms with Gasteiger partial charge in [-0.3, -0.25) is 9.59 Å². The highest BCUT2D eigenvalue weighted by atomic mass is 16.3. The Morgan fingerprint density at radius 2 is 1.83 bits per heavy atom. The number of amides is 2. The van der Waals surface area contributed by atoms with E-state index in [1.807, 2.05) is 0 Å². The molecule has 2 aromatic rings. The zero-order valence-corrected chi connectivity index (χ0v) is 12.9. The maximum atomic E-state index is 11.9. The van der Waals surface area contributed by atoms with Crippen molar-refractivity contribution in [3.63, 3.8) is 0 Å². The quantitative estimate of drug-likeness (QED) is 0.491. The van der Waals surface area contributed by atoms with Crippen molar-refractivity contribution in [1.29, 1.82) is 0 Å². The van der Waals surface area contributed by atoms with Gasteiger partial charge in [0.15, 0.2) is 0 Å². The van der Waals surface area contributed by atoms with Crippen LogP contribution in [-0.4, -0.2) is 34.3 Å². The molecular weight excluding hydrogens is 310 g/mol. The van der Waals surface area contributed by atoms with E-state index in [2.05, 4.69) is 15.8 Å². The molecule has 0 saturated heterocycles. The molecule has 7 nitrogen and oxygen atoms in total. The lowest BCUT2D eigenvalue weighted by atomic mass is 10.2. The molecule has 7 heteroatoms. The number of hydrogen-bond acceptors (Lipinski definition) is 5. The summed E-state index contributed by atoms with van der Waals surface area (Å²) in [5.41, 5.74) is 3.05. The minimum absolute atomic E-state index is 0.0778. The third-order valence-electron chi connectivity index (χ3n) is 3.17. The van der Waals surface area contributed by atoms with Crippen molar-refractivity contribution in [3.8, 4) is 11.5 Å². The average Bonchev–Trinajstić information content (AvgIpc) is 2.57. The Morgan fingerprint density at radius 3 is 2.50 bits per heavy atom. The van der Waals surface area contributed by atoms with E-state index < -0.39 is 11.9 Å². The number of hydrazone groups is 1. The highest BCUT2D eigenvalue weighted by molar-refractivity contribution is 5.97. The average molecular weight is 327 g/mol. The van der Waals surface area contributed by atoms with E-state index in [4.69, 9.17) is 0 Å². The lowest BCUT2D eigenvalue weighted by Gasteiger charge is -2.12. The Bertz CT molecular complexity index is 760. The van der Waals surface area contributed by atoms with Crippen molar-refractivity contribution in [1.82, 2.24) is 10.7 Å². The van der Waals surface area contributed by atoms with Crippen LogP contribution < -0.4 is 10.7 Å². The fraction of sp³-hybridized carbons (Fsp3) is 0.118. The Kier molecular flexibility index (Phi) is 5.51. The number of aromatic hydroxyl groups is 2. The number of benzene rings is 2. The third kappa shape index (κ3) is 4.57. The fourth-order valence-corrected chi connectivity index (χ4v) is 1.84. The molecule has 2 rings (SSSR count). The van der Waals surface area contributed by atoms with Crippen LogP contribution in [0, 0.1) is 0 Å². The molecule has 0 aliphatic rings.